The van der Waals surface area contributed by atoms with Gasteiger partial charge in [0.1, 0.15) is 0 Å². The first kappa shape index (κ1) is 20.5. The van der Waals surface area contributed by atoms with Crippen LogP contribution >= 0.6 is 0 Å². The number of amides is 1. The normalized spacial score (nSPS) is 11.9. The van der Waals surface area contributed by atoms with Gasteiger partial charge in [-0.15, -0.1) is 0 Å². The van der Waals surface area contributed by atoms with E-state index in [1.54, 1.807) is 4.90 Å². The molecule has 0 aliphatic heterocycles. The number of amidine groups is 1. The molecule has 27 heavy (non-hydrogen) atoms. The maximum atomic E-state index is 12.4. The predicted molar refractivity (Wildman–Crippen MR) is 109 cm³/mol. The van der Waals surface area contributed by atoms with E-state index in [2.05, 4.69) is 5.16 Å². The number of benzene rings is 2. The molecule has 0 fully saturated rings. The second-order valence-electron chi connectivity index (χ2n) is 7.03. The third-order valence-electron chi connectivity index (χ3n) is 4.32. The number of hydrogen-bond donors (Lipinski definition) is 1. The van der Waals surface area contributed by atoms with Gasteiger partial charge in [0.2, 0.25) is 0 Å². The van der Waals surface area contributed by atoms with Gasteiger partial charge < -0.3 is 15.5 Å². The van der Waals surface area contributed by atoms with E-state index in [9.17, 15) is 4.79 Å². The number of hydrogen-bond acceptors (Lipinski definition) is 3. The topological polar surface area (TPSA) is 67.9 Å². The molecule has 0 radical (unpaired) electrons. The van der Waals surface area contributed by atoms with Crippen LogP contribution in [-0.2, 0) is 9.63 Å². The lowest BCUT2D eigenvalue weighted by atomic mass is 9.90. The minimum Gasteiger partial charge on any atom is -0.384 e. The van der Waals surface area contributed by atoms with Crippen molar-refractivity contribution in [2.45, 2.75) is 45.7 Å². The van der Waals surface area contributed by atoms with Crippen LogP contribution in [0.4, 0.5) is 0 Å². The van der Waals surface area contributed by atoms with Crippen LogP contribution in [0.15, 0.2) is 65.8 Å². The highest BCUT2D eigenvalue weighted by molar-refractivity contribution is 5.90. The van der Waals surface area contributed by atoms with E-state index in [1.165, 1.54) is 0 Å². The lowest BCUT2D eigenvalue weighted by Crippen LogP contribution is -2.43. The quantitative estimate of drug-likeness (QED) is 0.439. The molecule has 2 aromatic carbocycles. The minimum absolute atomic E-state index is 0.101. The molecule has 0 aliphatic rings. The number of carbonyl (C=O) groups excluding carboxylic acids is 1. The molecule has 1 amide bonds. The molecule has 0 aromatic heterocycles. The molecule has 0 unspecified atom stereocenters. The van der Waals surface area contributed by atoms with Crippen molar-refractivity contribution in [3.63, 3.8) is 0 Å². The van der Waals surface area contributed by atoms with Gasteiger partial charge in [-0.25, -0.2) is 0 Å². The zero-order valence-corrected chi connectivity index (χ0v) is 16.5. The molecular formula is C22H29N3O2. The first-order chi connectivity index (χ1) is 12.9. The van der Waals surface area contributed by atoms with Crippen molar-refractivity contribution < 1.29 is 9.63 Å². The lowest BCUT2D eigenvalue weighted by molar-refractivity contribution is -0.139. The summed E-state index contributed by atoms with van der Waals surface area (Å²) in [5.74, 6) is -0.0119. The van der Waals surface area contributed by atoms with Crippen LogP contribution in [0, 0.1) is 0 Å². The fourth-order valence-corrected chi connectivity index (χ4v) is 3.29. The molecule has 0 saturated carbocycles. The number of oxime groups is 1. The molecule has 2 N–H and O–H groups in total. The Hall–Kier alpha value is -2.82. The van der Waals surface area contributed by atoms with Crippen molar-refractivity contribution in [2.24, 2.45) is 10.9 Å². The van der Waals surface area contributed by atoms with Gasteiger partial charge in [0.15, 0.2) is 12.4 Å². The molecule has 5 heteroatoms. The van der Waals surface area contributed by atoms with E-state index in [0.29, 0.717) is 5.84 Å². The van der Waals surface area contributed by atoms with Crippen LogP contribution in [0.5, 0.6) is 0 Å². The van der Waals surface area contributed by atoms with E-state index in [1.807, 2.05) is 88.4 Å². The van der Waals surface area contributed by atoms with Crippen molar-refractivity contribution in [3.8, 4) is 0 Å². The average molecular weight is 367 g/mol. The summed E-state index contributed by atoms with van der Waals surface area (Å²) >= 11 is 0. The highest BCUT2D eigenvalue weighted by Crippen LogP contribution is 2.24. The zero-order chi connectivity index (χ0) is 19.8. The predicted octanol–water partition coefficient (Wildman–Crippen LogP) is 3.75. The van der Waals surface area contributed by atoms with Gasteiger partial charge in [0.05, 0.1) is 5.92 Å². The molecule has 0 atom stereocenters. The van der Waals surface area contributed by atoms with Crippen LogP contribution in [-0.4, -0.2) is 35.3 Å². The molecule has 0 aliphatic carbocycles. The highest BCUT2D eigenvalue weighted by Gasteiger charge is 2.22. The smallest absolute Gasteiger partial charge is 0.263 e. The Morgan fingerprint density at radius 1 is 0.926 bits per heavy atom. The molecule has 2 rings (SSSR count). The van der Waals surface area contributed by atoms with Gasteiger partial charge in [-0.3, -0.25) is 4.79 Å². The first-order valence-electron chi connectivity index (χ1n) is 9.28. The summed E-state index contributed by atoms with van der Waals surface area (Å²) in [6.45, 7) is 7.80. The molecule has 0 heterocycles. The molecule has 0 spiro atoms. The van der Waals surface area contributed by atoms with Gasteiger partial charge in [-0.2, -0.15) is 0 Å². The summed E-state index contributed by atoms with van der Waals surface area (Å²) in [7, 11) is 0. The van der Waals surface area contributed by atoms with Crippen molar-refractivity contribution in [1.82, 2.24) is 4.90 Å². The Morgan fingerprint density at radius 3 is 1.78 bits per heavy atom. The van der Waals surface area contributed by atoms with E-state index < -0.39 is 0 Å². The first-order valence-corrected chi connectivity index (χ1v) is 9.28. The molecule has 5 nitrogen and oxygen atoms in total. The third kappa shape index (κ3) is 5.58. The number of rotatable bonds is 8. The molecule has 0 saturated heterocycles. The third-order valence-corrected chi connectivity index (χ3v) is 4.32. The number of nitrogens with zero attached hydrogens (tertiary/aromatic N) is 2. The van der Waals surface area contributed by atoms with Crippen molar-refractivity contribution in [2.75, 3.05) is 6.61 Å². The Balaban J connectivity index is 2.16. The van der Waals surface area contributed by atoms with Crippen molar-refractivity contribution in [1.29, 1.82) is 0 Å². The van der Waals surface area contributed by atoms with Gasteiger partial charge in [-0.05, 0) is 38.8 Å². The fraction of sp³-hybridized carbons (Fsp3) is 0.364. The molecule has 2 aromatic rings. The van der Waals surface area contributed by atoms with Crippen LogP contribution in [0.3, 0.4) is 0 Å². The SMILES string of the molecule is CC(C)N(C(=O)CO/N=C(/N)C(c1ccccc1)c1ccccc1)C(C)C. The largest absolute Gasteiger partial charge is 0.384 e. The minimum atomic E-state index is -0.228. The monoisotopic (exact) mass is 367 g/mol. The van der Waals surface area contributed by atoms with Gasteiger partial charge in [0.25, 0.3) is 5.91 Å². The highest BCUT2D eigenvalue weighted by atomic mass is 16.6. The molecule has 144 valence electrons. The summed E-state index contributed by atoms with van der Waals surface area (Å²) in [6.07, 6.45) is 0. The van der Waals surface area contributed by atoms with E-state index >= 15 is 0 Å². The van der Waals surface area contributed by atoms with Crippen molar-refractivity contribution in [3.05, 3.63) is 71.8 Å². The summed E-state index contributed by atoms with van der Waals surface area (Å²) in [4.78, 5) is 19.5. The maximum absolute atomic E-state index is 12.4. The number of nitrogens with two attached hydrogens (primary N) is 1. The van der Waals surface area contributed by atoms with Crippen LogP contribution < -0.4 is 5.73 Å². The van der Waals surface area contributed by atoms with E-state index in [0.717, 1.165) is 11.1 Å². The summed E-state index contributed by atoms with van der Waals surface area (Å²) in [5, 5.41) is 4.07. The van der Waals surface area contributed by atoms with Gasteiger partial charge in [0, 0.05) is 12.1 Å². The van der Waals surface area contributed by atoms with Crippen molar-refractivity contribution >= 4 is 11.7 Å². The van der Waals surface area contributed by atoms with E-state index in [-0.39, 0.29) is 30.5 Å². The second-order valence-corrected chi connectivity index (χ2v) is 7.03. The summed E-state index contributed by atoms with van der Waals surface area (Å²) in [5.41, 5.74) is 8.30. The zero-order valence-electron chi connectivity index (χ0n) is 16.5. The standard InChI is InChI=1S/C22H29N3O2/c1-16(2)25(17(3)4)20(26)15-27-24-22(23)21(18-11-7-5-8-12-18)19-13-9-6-10-14-19/h5-14,16-17,21H,15H2,1-4H3,(H2,23,24). The second kappa shape index (κ2) is 9.76. The Morgan fingerprint density at radius 2 is 1.37 bits per heavy atom. The lowest BCUT2D eigenvalue weighted by Gasteiger charge is -2.30. The Kier molecular flexibility index (Phi) is 7.41. The Labute approximate surface area is 161 Å². The van der Waals surface area contributed by atoms with Crippen LogP contribution in [0.1, 0.15) is 44.7 Å². The van der Waals surface area contributed by atoms with Crippen LogP contribution in [0.25, 0.3) is 0 Å². The number of carbonyl (C=O) groups is 1. The summed E-state index contributed by atoms with van der Waals surface area (Å²) in [6, 6.07) is 20.0. The molecule has 0 bridgehead atoms. The van der Waals surface area contributed by atoms with E-state index in [4.69, 9.17) is 10.6 Å². The fourth-order valence-electron chi connectivity index (χ4n) is 3.29. The maximum Gasteiger partial charge on any atom is 0.263 e. The van der Waals surface area contributed by atoms with Gasteiger partial charge in [-0.1, -0.05) is 65.8 Å². The average Bonchev–Trinajstić information content (AvgIpc) is 2.63. The molecular weight excluding hydrogens is 338 g/mol. The summed E-state index contributed by atoms with van der Waals surface area (Å²) < 4.78 is 0. The van der Waals surface area contributed by atoms with Gasteiger partial charge >= 0.3 is 0 Å². The van der Waals surface area contributed by atoms with Crippen LogP contribution in [0.2, 0.25) is 0 Å². The Bertz CT molecular complexity index is 695.